The second-order valence-corrected chi connectivity index (χ2v) is 5.37. The first kappa shape index (κ1) is 17.4. The van der Waals surface area contributed by atoms with Gasteiger partial charge in [-0.05, 0) is 48.0 Å². The standard InChI is InChI=1S/C13H28N2O3/c1-11(9-14(2)3)18-13(17)8-6-7-12(16)10-15(4)5/h11-12,16H,6-10H2,1-5H3. The molecule has 0 bridgehead atoms. The molecule has 0 fully saturated rings. The minimum absolute atomic E-state index is 0.0841. The summed E-state index contributed by atoms with van der Waals surface area (Å²) in [7, 11) is 7.73. The van der Waals surface area contributed by atoms with Crippen LogP contribution in [-0.2, 0) is 9.53 Å². The maximum absolute atomic E-state index is 11.5. The van der Waals surface area contributed by atoms with Crippen molar-refractivity contribution in [3.8, 4) is 0 Å². The van der Waals surface area contributed by atoms with Crippen LogP contribution in [0, 0.1) is 0 Å². The fourth-order valence-corrected chi connectivity index (χ4v) is 1.83. The highest BCUT2D eigenvalue weighted by Gasteiger charge is 2.11. The second-order valence-electron chi connectivity index (χ2n) is 5.37. The molecule has 0 saturated heterocycles. The van der Waals surface area contributed by atoms with Crippen LogP contribution in [0.1, 0.15) is 26.2 Å². The van der Waals surface area contributed by atoms with Gasteiger partial charge in [-0.2, -0.15) is 0 Å². The van der Waals surface area contributed by atoms with E-state index in [0.29, 0.717) is 25.8 Å². The van der Waals surface area contributed by atoms with Crippen LogP contribution in [-0.4, -0.2) is 74.4 Å². The Kier molecular flexibility index (Phi) is 8.97. The highest BCUT2D eigenvalue weighted by molar-refractivity contribution is 5.69. The van der Waals surface area contributed by atoms with Gasteiger partial charge in [0.25, 0.3) is 0 Å². The smallest absolute Gasteiger partial charge is 0.306 e. The summed E-state index contributed by atoms with van der Waals surface area (Å²) in [6, 6.07) is 0. The third-order valence-electron chi connectivity index (χ3n) is 2.45. The molecule has 2 atom stereocenters. The van der Waals surface area contributed by atoms with Gasteiger partial charge in [-0.15, -0.1) is 0 Å². The van der Waals surface area contributed by atoms with E-state index in [1.165, 1.54) is 0 Å². The maximum atomic E-state index is 11.5. The minimum atomic E-state index is -0.369. The van der Waals surface area contributed by atoms with Crippen molar-refractivity contribution in [1.82, 2.24) is 9.80 Å². The maximum Gasteiger partial charge on any atom is 0.306 e. The van der Waals surface area contributed by atoms with Crippen LogP contribution in [0.25, 0.3) is 0 Å². The summed E-state index contributed by atoms with van der Waals surface area (Å²) in [4.78, 5) is 15.4. The van der Waals surface area contributed by atoms with E-state index < -0.39 is 0 Å². The Bertz CT molecular complexity index is 232. The molecule has 5 nitrogen and oxygen atoms in total. The first-order valence-corrected chi connectivity index (χ1v) is 6.48. The number of carbonyl (C=O) groups excluding carboxylic acids is 1. The first-order chi connectivity index (χ1) is 8.31. The molecule has 0 aliphatic rings. The summed E-state index contributed by atoms with van der Waals surface area (Å²) in [6.45, 7) is 3.25. The fourth-order valence-electron chi connectivity index (χ4n) is 1.83. The number of rotatable bonds is 9. The minimum Gasteiger partial charge on any atom is -0.461 e. The number of nitrogens with zero attached hydrogens (tertiary/aromatic N) is 2. The molecule has 0 aliphatic heterocycles. The van der Waals surface area contributed by atoms with Crippen LogP contribution in [0.5, 0.6) is 0 Å². The summed E-state index contributed by atoms with van der Waals surface area (Å²) in [5, 5.41) is 9.63. The number of esters is 1. The Balaban J connectivity index is 3.64. The zero-order valence-corrected chi connectivity index (χ0v) is 12.3. The molecule has 0 aromatic heterocycles. The van der Waals surface area contributed by atoms with Gasteiger partial charge in [0.1, 0.15) is 6.10 Å². The lowest BCUT2D eigenvalue weighted by Crippen LogP contribution is -2.28. The van der Waals surface area contributed by atoms with Gasteiger partial charge in [0.15, 0.2) is 0 Å². The average Bonchev–Trinajstić information content (AvgIpc) is 2.13. The molecule has 0 rings (SSSR count). The quantitative estimate of drug-likeness (QED) is 0.614. The molecule has 0 spiro atoms. The number of hydrogen-bond donors (Lipinski definition) is 1. The molecule has 0 heterocycles. The Morgan fingerprint density at radius 3 is 2.22 bits per heavy atom. The van der Waals surface area contributed by atoms with Crippen molar-refractivity contribution in [2.24, 2.45) is 0 Å². The second kappa shape index (κ2) is 9.30. The van der Waals surface area contributed by atoms with E-state index >= 15 is 0 Å². The van der Waals surface area contributed by atoms with Crippen molar-refractivity contribution in [3.05, 3.63) is 0 Å². The van der Waals surface area contributed by atoms with E-state index in [9.17, 15) is 9.90 Å². The van der Waals surface area contributed by atoms with Gasteiger partial charge in [0.2, 0.25) is 0 Å². The van der Waals surface area contributed by atoms with E-state index in [0.717, 1.165) is 6.54 Å². The highest BCUT2D eigenvalue weighted by Crippen LogP contribution is 2.05. The van der Waals surface area contributed by atoms with Gasteiger partial charge in [-0.1, -0.05) is 0 Å². The molecule has 5 heteroatoms. The van der Waals surface area contributed by atoms with Crippen molar-refractivity contribution in [1.29, 1.82) is 0 Å². The topological polar surface area (TPSA) is 53.0 Å². The molecule has 0 aliphatic carbocycles. The molecule has 108 valence electrons. The van der Waals surface area contributed by atoms with Gasteiger partial charge < -0.3 is 19.6 Å². The molecule has 0 saturated carbocycles. The van der Waals surface area contributed by atoms with Crippen LogP contribution in [0.2, 0.25) is 0 Å². The Morgan fingerprint density at radius 1 is 1.17 bits per heavy atom. The summed E-state index contributed by atoms with van der Waals surface area (Å²) >= 11 is 0. The van der Waals surface area contributed by atoms with Gasteiger partial charge in [-0.3, -0.25) is 4.79 Å². The summed E-state index contributed by atoms with van der Waals surface area (Å²) < 4.78 is 5.25. The number of ether oxygens (including phenoxy) is 1. The molecule has 0 aromatic rings. The van der Waals surface area contributed by atoms with Crippen LogP contribution in [0.4, 0.5) is 0 Å². The lowest BCUT2D eigenvalue weighted by Gasteiger charge is -2.18. The van der Waals surface area contributed by atoms with Crippen molar-refractivity contribution in [2.45, 2.75) is 38.4 Å². The molecule has 0 amide bonds. The molecule has 0 radical (unpaired) electrons. The lowest BCUT2D eigenvalue weighted by atomic mass is 10.1. The third kappa shape index (κ3) is 10.5. The van der Waals surface area contributed by atoms with Gasteiger partial charge in [-0.25, -0.2) is 0 Å². The normalized spacial score (nSPS) is 14.9. The summed E-state index contributed by atoms with van der Waals surface area (Å²) in [5.74, 6) is -0.179. The zero-order chi connectivity index (χ0) is 14.1. The van der Waals surface area contributed by atoms with Gasteiger partial charge >= 0.3 is 5.97 Å². The average molecular weight is 260 g/mol. The number of likely N-dealkylation sites (N-methyl/N-ethyl adjacent to an activating group) is 2. The molecule has 2 unspecified atom stereocenters. The highest BCUT2D eigenvalue weighted by atomic mass is 16.5. The molecule has 18 heavy (non-hydrogen) atoms. The van der Waals surface area contributed by atoms with Crippen LogP contribution >= 0.6 is 0 Å². The number of hydrogen-bond acceptors (Lipinski definition) is 5. The van der Waals surface area contributed by atoms with Gasteiger partial charge in [0.05, 0.1) is 6.10 Å². The number of carbonyl (C=O) groups is 1. The Morgan fingerprint density at radius 2 is 1.72 bits per heavy atom. The fraction of sp³-hybridized carbons (Fsp3) is 0.923. The predicted molar refractivity (Wildman–Crippen MR) is 72.5 cm³/mol. The SMILES string of the molecule is CC(CN(C)C)OC(=O)CCCC(O)CN(C)C. The van der Waals surface area contributed by atoms with E-state index in [4.69, 9.17) is 4.74 Å². The largest absolute Gasteiger partial charge is 0.461 e. The van der Waals surface area contributed by atoms with E-state index in [-0.39, 0.29) is 18.2 Å². The third-order valence-corrected chi connectivity index (χ3v) is 2.45. The van der Waals surface area contributed by atoms with Crippen LogP contribution in [0.3, 0.4) is 0 Å². The van der Waals surface area contributed by atoms with Crippen molar-refractivity contribution < 1.29 is 14.6 Å². The van der Waals surface area contributed by atoms with Crippen LogP contribution in [0.15, 0.2) is 0 Å². The molecule has 1 N–H and O–H groups in total. The molecule has 0 aromatic carbocycles. The Hall–Kier alpha value is -0.650. The monoisotopic (exact) mass is 260 g/mol. The summed E-state index contributed by atoms with van der Waals surface area (Å²) in [5.41, 5.74) is 0. The number of aliphatic hydroxyl groups excluding tert-OH is 1. The lowest BCUT2D eigenvalue weighted by molar-refractivity contribution is -0.149. The van der Waals surface area contributed by atoms with E-state index in [1.807, 2.05) is 44.9 Å². The van der Waals surface area contributed by atoms with Gasteiger partial charge in [0, 0.05) is 19.5 Å². The van der Waals surface area contributed by atoms with Crippen molar-refractivity contribution in [3.63, 3.8) is 0 Å². The van der Waals surface area contributed by atoms with Crippen molar-refractivity contribution >= 4 is 5.97 Å². The molecular weight excluding hydrogens is 232 g/mol. The van der Waals surface area contributed by atoms with Crippen LogP contribution < -0.4 is 0 Å². The van der Waals surface area contributed by atoms with E-state index in [2.05, 4.69) is 0 Å². The van der Waals surface area contributed by atoms with E-state index in [1.54, 1.807) is 0 Å². The molecular formula is C13H28N2O3. The zero-order valence-electron chi connectivity index (χ0n) is 12.3. The van der Waals surface area contributed by atoms with Crippen molar-refractivity contribution in [2.75, 3.05) is 41.3 Å². The Labute approximate surface area is 111 Å². The first-order valence-electron chi connectivity index (χ1n) is 6.48. The predicted octanol–water partition coefficient (Wildman–Crippen LogP) is 0.573. The summed E-state index contributed by atoms with van der Waals surface area (Å²) in [6.07, 6.45) is 1.23. The number of aliphatic hydroxyl groups is 1.